The number of nitrogens with zero attached hydrogens (tertiary/aromatic N) is 6. The molecule has 9 heteroatoms. The van der Waals surface area contributed by atoms with Crippen LogP contribution in [0.5, 0.6) is 0 Å². The van der Waals surface area contributed by atoms with E-state index in [2.05, 4.69) is 63.2 Å². The van der Waals surface area contributed by atoms with Gasteiger partial charge < -0.3 is 15.0 Å². The second-order valence-electron chi connectivity index (χ2n) is 12.1. The van der Waals surface area contributed by atoms with Crippen LogP contribution < -0.4 is 5.32 Å². The highest BCUT2D eigenvalue weighted by molar-refractivity contribution is 6.32. The van der Waals surface area contributed by atoms with Crippen molar-refractivity contribution in [3.05, 3.63) is 41.3 Å². The average molecular weight is 508 g/mol. The number of nitrogens with one attached hydrogen (secondary N) is 1. The molecule has 2 saturated carbocycles. The minimum absolute atomic E-state index is 0.215. The van der Waals surface area contributed by atoms with Crippen molar-refractivity contribution < 1.29 is 4.74 Å². The first-order chi connectivity index (χ1) is 17.3. The van der Waals surface area contributed by atoms with Gasteiger partial charge in [0.1, 0.15) is 0 Å². The molecule has 1 N–H and O–H groups in total. The number of anilines is 2. The Kier molecular flexibility index (Phi) is 5.01. The topological polar surface area (TPSA) is 71.3 Å². The number of ether oxygens (including phenoxy) is 1. The summed E-state index contributed by atoms with van der Waals surface area (Å²) < 4.78 is 7.63. The van der Waals surface area contributed by atoms with Crippen LogP contribution >= 0.6 is 11.6 Å². The van der Waals surface area contributed by atoms with E-state index in [4.69, 9.17) is 21.3 Å². The molecular weight excluding hydrogens is 474 g/mol. The third kappa shape index (κ3) is 3.56. The van der Waals surface area contributed by atoms with Crippen molar-refractivity contribution in [3.8, 4) is 0 Å². The number of aromatic nitrogens is 4. The van der Waals surface area contributed by atoms with Crippen LogP contribution in [-0.2, 0) is 10.3 Å². The maximum atomic E-state index is 6.75. The standard InChI is InChI=1S/C27H34ClN7O/c1-25(16-36-17-25)34-6-4-18(5-7-34)21-9-23-19(8-22(21)28)10-29-24(32-23)31-20-11-30-35(12-20)27-13-26(27,14-27)15-33(2)3/h8-12,18H,4-7,13-17H2,1-3H3,(H,29,31,32). The van der Waals surface area contributed by atoms with Crippen molar-refractivity contribution >= 4 is 34.1 Å². The molecule has 2 aliphatic heterocycles. The molecule has 3 aromatic rings. The first-order valence-electron chi connectivity index (χ1n) is 13.1. The summed E-state index contributed by atoms with van der Waals surface area (Å²) in [5.41, 5.74) is 3.92. The summed E-state index contributed by atoms with van der Waals surface area (Å²) >= 11 is 6.75. The van der Waals surface area contributed by atoms with E-state index in [1.165, 1.54) is 18.4 Å². The molecule has 2 aliphatic carbocycles. The van der Waals surface area contributed by atoms with Gasteiger partial charge in [0.15, 0.2) is 0 Å². The minimum Gasteiger partial charge on any atom is -0.377 e. The van der Waals surface area contributed by atoms with Crippen LogP contribution in [0, 0.1) is 5.41 Å². The summed E-state index contributed by atoms with van der Waals surface area (Å²) in [4.78, 5) is 14.3. The molecule has 0 radical (unpaired) electrons. The van der Waals surface area contributed by atoms with E-state index in [0.29, 0.717) is 17.3 Å². The number of likely N-dealkylation sites (tertiary alicyclic amines) is 1. The van der Waals surface area contributed by atoms with Crippen molar-refractivity contribution in [1.29, 1.82) is 0 Å². The van der Waals surface area contributed by atoms with Crippen LogP contribution in [0.15, 0.2) is 30.7 Å². The van der Waals surface area contributed by atoms with Gasteiger partial charge in [-0.3, -0.25) is 9.58 Å². The Morgan fingerprint density at radius 2 is 1.94 bits per heavy atom. The van der Waals surface area contributed by atoms with Gasteiger partial charge in [0.05, 0.1) is 41.7 Å². The first-order valence-corrected chi connectivity index (χ1v) is 13.4. The van der Waals surface area contributed by atoms with Gasteiger partial charge in [-0.1, -0.05) is 11.6 Å². The van der Waals surface area contributed by atoms with Gasteiger partial charge in [0, 0.05) is 34.8 Å². The van der Waals surface area contributed by atoms with Crippen LogP contribution in [0.4, 0.5) is 11.6 Å². The molecule has 2 aromatic heterocycles. The number of hydrogen-bond acceptors (Lipinski definition) is 7. The number of halogens is 1. The fourth-order valence-corrected chi connectivity index (χ4v) is 7.08. The Morgan fingerprint density at radius 3 is 2.64 bits per heavy atom. The molecule has 0 unspecified atom stereocenters. The van der Waals surface area contributed by atoms with Crippen LogP contribution in [0.1, 0.15) is 44.1 Å². The molecule has 0 bridgehead atoms. The highest BCUT2D eigenvalue weighted by Crippen LogP contribution is 2.83. The molecule has 190 valence electrons. The predicted octanol–water partition coefficient (Wildman–Crippen LogP) is 4.24. The van der Waals surface area contributed by atoms with Gasteiger partial charge >= 0.3 is 0 Å². The van der Waals surface area contributed by atoms with Crippen molar-refractivity contribution in [3.63, 3.8) is 0 Å². The molecule has 1 aromatic carbocycles. The predicted molar refractivity (Wildman–Crippen MR) is 141 cm³/mol. The SMILES string of the molecule is CN(C)CC12CC1(n1cc(Nc3ncc4cc(Cl)c(C5CCN(C6(C)COC6)CC5)cc4n3)cn1)C2. The molecule has 4 aliphatic rings. The summed E-state index contributed by atoms with van der Waals surface area (Å²) in [6, 6.07) is 4.19. The summed E-state index contributed by atoms with van der Waals surface area (Å²) in [5, 5.41) is 9.82. The van der Waals surface area contributed by atoms with E-state index >= 15 is 0 Å². The zero-order chi connectivity index (χ0) is 24.7. The lowest BCUT2D eigenvalue weighted by molar-refractivity contribution is -0.136. The maximum Gasteiger partial charge on any atom is 0.227 e. The lowest BCUT2D eigenvalue weighted by Gasteiger charge is -2.50. The number of hydrogen-bond donors (Lipinski definition) is 1. The number of piperidine rings is 1. The molecule has 0 amide bonds. The Balaban J connectivity index is 1.07. The first kappa shape index (κ1) is 22.9. The molecule has 4 fully saturated rings. The van der Waals surface area contributed by atoms with Crippen LogP contribution in [0.25, 0.3) is 10.9 Å². The fraction of sp³-hybridized carbons (Fsp3) is 0.593. The van der Waals surface area contributed by atoms with Gasteiger partial charge in [0.2, 0.25) is 5.95 Å². The highest BCUT2D eigenvalue weighted by Gasteiger charge is 2.84. The Hall–Kier alpha value is -2.26. The average Bonchev–Trinajstić information content (AvgIpc) is 3.54. The molecule has 2 saturated heterocycles. The van der Waals surface area contributed by atoms with Crippen LogP contribution in [0.2, 0.25) is 5.02 Å². The quantitative estimate of drug-likeness (QED) is 0.512. The van der Waals surface area contributed by atoms with Crippen LogP contribution in [0.3, 0.4) is 0 Å². The van der Waals surface area contributed by atoms with Crippen molar-refractivity contribution in [2.75, 3.05) is 52.3 Å². The number of benzene rings is 1. The molecule has 36 heavy (non-hydrogen) atoms. The molecule has 4 heterocycles. The normalized spacial score (nSPS) is 29.2. The van der Waals surface area contributed by atoms with Crippen molar-refractivity contribution in [2.24, 2.45) is 5.41 Å². The van der Waals surface area contributed by atoms with E-state index in [9.17, 15) is 0 Å². The summed E-state index contributed by atoms with van der Waals surface area (Å²) in [6.07, 6.45) is 10.5. The molecular formula is C27H34ClN7O. The monoisotopic (exact) mass is 507 g/mol. The molecule has 8 nitrogen and oxygen atoms in total. The number of fused-ring (bicyclic) bond motifs is 2. The van der Waals surface area contributed by atoms with Gasteiger partial charge in [0.25, 0.3) is 0 Å². The zero-order valence-corrected chi connectivity index (χ0v) is 22.1. The summed E-state index contributed by atoms with van der Waals surface area (Å²) in [6.45, 7) is 7.29. The van der Waals surface area contributed by atoms with Gasteiger partial charge in [-0.2, -0.15) is 5.10 Å². The fourth-order valence-electron chi connectivity index (χ4n) is 6.75. The zero-order valence-electron chi connectivity index (χ0n) is 21.3. The third-order valence-electron chi connectivity index (χ3n) is 9.12. The smallest absolute Gasteiger partial charge is 0.227 e. The Labute approximate surface area is 217 Å². The maximum absolute atomic E-state index is 6.75. The van der Waals surface area contributed by atoms with Gasteiger partial charge in [-0.15, -0.1) is 0 Å². The largest absolute Gasteiger partial charge is 0.377 e. The molecule has 0 spiro atoms. The van der Waals surface area contributed by atoms with E-state index in [1.54, 1.807) is 0 Å². The van der Waals surface area contributed by atoms with Crippen molar-refractivity contribution in [2.45, 2.75) is 49.6 Å². The lowest BCUT2D eigenvalue weighted by Crippen LogP contribution is -2.61. The minimum atomic E-state index is 0.215. The number of rotatable bonds is 7. The van der Waals surface area contributed by atoms with E-state index in [0.717, 1.165) is 67.3 Å². The van der Waals surface area contributed by atoms with E-state index in [-0.39, 0.29) is 11.1 Å². The van der Waals surface area contributed by atoms with E-state index in [1.807, 2.05) is 18.5 Å². The molecule has 0 atom stereocenters. The lowest BCUT2D eigenvalue weighted by atomic mass is 9.86. The van der Waals surface area contributed by atoms with E-state index < -0.39 is 0 Å². The summed E-state index contributed by atoms with van der Waals surface area (Å²) in [7, 11) is 4.30. The summed E-state index contributed by atoms with van der Waals surface area (Å²) in [5.74, 6) is 1.04. The third-order valence-corrected chi connectivity index (χ3v) is 9.44. The second-order valence-corrected chi connectivity index (χ2v) is 12.5. The van der Waals surface area contributed by atoms with Gasteiger partial charge in [-0.25, -0.2) is 9.97 Å². The van der Waals surface area contributed by atoms with Crippen molar-refractivity contribution in [1.82, 2.24) is 29.5 Å². The van der Waals surface area contributed by atoms with Crippen LogP contribution in [-0.4, -0.2) is 82.0 Å². The highest BCUT2D eigenvalue weighted by atomic mass is 35.5. The Morgan fingerprint density at radius 1 is 1.17 bits per heavy atom. The molecule has 7 rings (SSSR count). The van der Waals surface area contributed by atoms with Gasteiger partial charge in [-0.05, 0) is 83.4 Å². The second kappa shape index (κ2) is 7.87. The Bertz CT molecular complexity index is 1320.